The number of unbranched alkanes of at least 4 members (excludes halogenated alkanes) is 1. The van der Waals surface area contributed by atoms with Crippen LogP contribution in [0.4, 0.5) is 5.82 Å². The average molecular weight is 423 g/mol. The molecule has 3 heterocycles. The maximum Gasteiger partial charge on any atom is 0.248 e. The van der Waals surface area contributed by atoms with Crippen LogP contribution >= 0.6 is 0 Å². The van der Waals surface area contributed by atoms with Crippen molar-refractivity contribution in [1.29, 1.82) is 0 Å². The number of piperazine rings is 1. The number of methoxy groups -OCH3 is 1. The molecule has 31 heavy (non-hydrogen) atoms. The van der Waals surface area contributed by atoms with Crippen LogP contribution in [0.25, 0.3) is 16.7 Å². The summed E-state index contributed by atoms with van der Waals surface area (Å²) in [6, 6.07) is 10.1. The number of nitrogens with zero attached hydrogens (tertiary/aromatic N) is 6. The zero-order valence-electron chi connectivity index (χ0n) is 18.5. The Hall–Kier alpha value is -3.00. The Bertz CT molecular complexity index is 1040. The minimum absolute atomic E-state index is 0.0340. The number of hydrogen-bond acceptors (Lipinski definition) is 6. The van der Waals surface area contributed by atoms with Gasteiger partial charge in [-0.15, -0.1) is 0 Å². The maximum absolute atomic E-state index is 12.2. The first-order chi connectivity index (χ1) is 15.1. The number of aromatic nitrogens is 4. The Morgan fingerprint density at radius 1 is 1.10 bits per heavy atom. The van der Waals surface area contributed by atoms with E-state index in [1.165, 1.54) is 0 Å². The lowest BCUT2D eigenvalue weighted by molar-refractivity contribution is -0.135. The number of fused-ring (bicyclic) bond motifs is 1. The Labute approximate surface area is 182 Å². The van der Waals surface area contributed by atoms with Gasteiger partial charge < -0.3 is 14.5 Å². The van der Waals surface area contributed by atoms with Crippen LogP contribution < -0.4 is 4.90 Å². The highest BCUT2D eigenvalue weighted by molar-refractivity contribution is 5.91. The van der Waals surface area contributed by atoms with E-state index in [4.69, 9.17) is 19.8 Å². The predicted octanol–water partition coefficient (Wildman–Crippen LogP) is 2.76. The van der Waals surface area contributed by atoms with Gasteiger partial charge in [-0.3, -0.25) is 4.79 Å². The number of aryl methyl sites for hydroxylation is 2. The summed E-state index contributed by atoms with van der Waals surface area (Å²) in [6.07, 6.45) is 2.97. The molecule has 0 aliphatic carbocycles. The maximum atomic E-state index is 12.2. The van der Waals surface area contributed by atoms with E-state index in [0.717, 1.165) is 66.4 Å². The largest absolute Gasteiger partial charge is 0.375 e. The van der Waals surface area contributed by atoms with Crippen LogP contribution in [0, 0.1) is 6.92 Å². The fourth-order valence-electron chi connectivity index (χ4n) is 4.01. The monoisotopic (exact) mass is 422 g/mol. The van der Waals surface area contributed by atoms with Crippen LogP contribution in [0.3, 0.4) is 0 Å². The summed E-state index contributed by atoms with van der Waals surface area (Å²) in [5, 5.41) is 5.80. The summed E-state index contributed by atoms with van der Waals surface area (Å²) >= 11 is 0. The molecule has 3 aromatic rings. The summed E-state index contributed by atoms with van der Waals surface area (Å²) in [5.74, 6) is 1.81. The molecular weight excluding hydrogens is 392 g/mol. The van der Waals surface area contributed by atoms with E-state index in [-0.39, 0.29) is 12.5 Å². The van der Waals surface area contributed by atoms with Gasteiger partial charge in [-0.1, -0.05) is 31.5 Å². The number of benzene rings is 1. The molecule has 1 amide bonds. The number of carbonyl (C=O) groups excluding carboxylic acids is 1. The van der Waals surface area contributed by atoms with Crippen LogP contribution in [0.1, 0.15) is 31.3 Å². The second kappa shape index (κ2) is 9.43. The summed E-state index contributed by atoms with van der Waals surface area (Å²) in [4.78, 5) is 26.2. The van der Waals surface area contributed by atoms with Crippen LogP contribution in [0.5, 0.6) is 0 Å². The molecule has 1 saturated heterocycles. The summed E-state index contributed by atoms with van der Waals surface area (Å²) < 4.78 is 6.92. The number of amides is 1. The van der Waals surface area contributed by atoms with E-state index in [9.17, 15) is 4.79 Å². The molecule has 0 radical (unpaired) electrons. The van der Waals surface area contributed by atoms with E-state index in [2.05, 4.69) is 11.8 Å². The van der Waals surface area contributed by atoms with E-state index in [1.54, 1.807) is 7.11 Å². The molecule has 164 valence electrons. The molecule has 1 aromatic carbocycles. The van der Waals surface area contributed by atoms with Crippen molar-refractivity contribution in [3.63, 3.8) is 0 Å². The van der Waals surface area contributed by atoms with Crippen molar-refractivity contribution in [2.45, 2.75) is 33.1 Å². The standard InChI is InChI=1S/C23H30N6O2/c1-4-5-11-19-24-22(28-14-12-27(13-15-28)20(30)16-31-3)21-17(2)26-29(23(21)25-19)18-9-7-6-8-10-18/h6-10H,4-5,11-16H2,1-3H3. The second-order valence-electron chi connectivity index (χ2n) is 7.90. The first-order valence-corrected chi connectivity index (χ1v) is 11.0. The van der Waals surface area contributed by atoms with Gasteiger partial charge in [-0.05, 0) is 25.5 Å². The van der Waals surface area contributed by atoms with Crippen molar-refractivity contribution in [2.24, 2.45) is 0 Å². The molecule has 4 rings (SSSR count). The van der Waals surface area contributed by atoms with Crippen molar-refractivity contribution in [3.8, 4) is 5.69 Å². The zero-order valence-corrected chi connectivity index (χ0v) is 18.5. The zero-order chi connectivity index (χ0) is 21.8. The molecule has 0 unspecified atom stereocenters. The molecule has 1 aliphatic heterocycles. The fraction of sp³-hybridized carbons (Fsp3) is 0.478. The highest BCUT2D eigenvalue weighted by Crippen LogP contribution is 2.30. The van der Waals surface area contributed by atoms with Gasteiger partial charge in [0.25, 0.3) is 0 Å². The molecule has 8 heteroatoms. The van der Waals surface area contributed by atoms with Crippen molar-refractivity contribution < 1.29 is 9.53 Å². The predicted molar refractivity (Wildman–Crippen MR) is 121 cm³/mol. The first-order valence-electron chi connectivity index (χ1n) is 11.0. The summed E-state index contributed by atoms with van der Waals surface area (Å²) in [7, 11) is 1.55. The van der Waals surface area contributed by atoms with Crippen molar-refractivity contribution in [3.05, 3.63) is 41.9 Å². The van der Waals surface area contributed by atoms with Gasteiger partial charge in [-0.2, -0.15) is 5.10 Å². The molecule has 0 saturated carbocycles. The lowest BCUT2D eigenvalue weighted by Crippen LogP contribution is -2.50. The Morgan fingerprint density at radius 3 is 2.52 bits per heavy atom. The fourth-order valence-corrected chi connectivity index (χ4v) is 4.01. The lowest BCUT2D eigenvalue weighted by atomic mass is 10.2. The van der Waals surface area contributed by atoms with Crippen LogP contribution in [-0.4, -0.2) is 70.5 Å². The second-order valence-corrected chi connectivity index (χ2v) is 7.90. The van der Waals surface area contributed by atoms with Gasteiger partial charge in [-0.25, -0.2) is 14.6 Å². The number of rotatable bonds is 7. The molecule has 1 aliphatic rings. The van der Waals surface area contributed by atoms with Gasteiger partial charge in [0.05, 0.1) is 16.8 Å². The van der Waals surface area contributed by atoms with Crippen LogP contribution in [0.2, 0.25) is 0 Å². The molecular formula is C23H30N6O2. The highest BCUT2D eigenvalue weighted by Gasteiger charge is 2.26. The Morgan fingerprint density at radius 2 is 1.84 bits per heavy atom. The summed E-state index contributed by atoms with van der Waals surface area (Å²) in [6.45, 7) is 7.08. The van der Waals surface area contributed by atoms with Gasteiger partial charge >= 0.3 is 0 Å². The molecule has 1 fully saturated rings. The third kappa shape index (κ3) is 4.39. The molecule has 2 aromatic heterocycles. The first kappa shape index (κ1) is 21.2. The van der Waals surface area contributed by atoms with Gasteiger partial charge in [0.1, 0.15) is 18.2 Å². The number of ether oxygens (including phenoxy) is 1. The van der Waals surface area contributed by atoms with Crippen molar-refractivity contribution in [2.75, 3.05) is 44.8 Å². The SMILES string of the molecule is CCCCc1nc(N2CCN(C(=O)COC)CC2)c2c(C)nn(-c3ccccc3)c2n1. The Balaban J connectivity index is 1.72. The van der Waals surface area contributed by atoms with E-state index >= 15 is 0 Å². The van der Waals surface area contributed by atoms with Gasteiger partial charge in [0.2, 0.25) is 5.91 Å². The molecule has 0 N–H and O–H groups in total. The molecule has 8 nitrogen and oxygen atoms in total. The Kier molecular flexibility index (Phi) is 6.46. The van der Waals surface area contributed by atoms with Crippen LogP contribution in [-0.2, 0) is 16.0 Å². The minimum atomic E-state index is 0.0340. The number of hydrogen-bond donors (Lipinski definition) is 0. The highest BCUT2D eigenvalue weighted by atomic mass is 16.5. The smallest absolute Gasteiger partial charge is 0.248 e. The third-order valence-corrected chi connectivity index (χ3v) is 5.68. The lowest BCUT2D eigenvalue weighted by Gasteiger charge is -2.35. The van der Waals surface area contributed by atoms with Gasteiger partial charge in [0, 0.05) is 39.7 Å². The normalized spacial score (nSPS) is 14.4. The van der Waals surface area contributed by atoms with Crippen molar-refractivity contribution >= 4 is 22.8 Å². The van der Waals surface area contributed by atoms with Crippen molar-refractivity contribution in [1.82, 2.24) is 24.6 Å². The topological polar surface area (TPSA) is 76.4 Å². The third-order valence-electron chi connectivity index (χ3n) is 5.68. The van der Waals surface area contributed by atoms with E-state index < -0.39 is 0 Å². The van der Waals surface area contributed by atoms with E-state index in [1.807, 2.05) is 46.8 Å². The van der Waals surface area contributed by atoms with Gasteiger partial charge in [0.15, 0.2) is 5.65 Å². The summed E-state index contributed by atoms with van der Waals surface area (Å²) in [5.41, 5.74) is 2.74. The molecule has 0 bridgehead atoms. The molecule has 0 atom stereocenters. The minimum Gasteiger partial charge on any atom is -0.375 e. The van der Waals surface area contributed by atoms with E-state index in [0.29, 0.717) is 13.1 Å². The number of anilines is 1. The number of para-hydroxylation sites is 1. The quantitative estimate of drug-likeness (QED) is 0.583. The average Bonchev–Trinajstić information content (AvgIpc) is 3.14. The van der Waals surface area contributed by atoms with Crippen LogP contribution in [0.15, 0.2) is 30.3 Å². The molecule has 0 spiro atoms. The number of carbonyl (C=O) groups is 1.